The first-order valence-electron chi connectivity index (χ1n) is 7.68. The Kier molecular flexibility index (Phi) is 5.96. The molecule has 0 saturated heterocycles. The van der Waals surface area contributed by atoms with Crippen LogP contribution in [0.1, 0.15) is 27.4 Å². The fourth-order valence-electron chi connectivity index (χ4n) is 2.36. The second kappa shape index (κ2) is 7.94. The average molecular weight is 316 g/mol. The van der Waals surface area contributed by atoms with Gasteiger partial charge < -0.3 is 14.4 Å². The van der Waals surface area contributed by atoms with E-state index in [1.165, 1.54) is 0 Å². The number of benzene rings is 1. The highest BCUT2D eigenvalue weighted by atomic mass is 16.4. The summed E-state index contributed by atoms with van der Waals surface area (Å²) in [7, 11) is 4.10. The smallest absolute Gasteiger partial charge is 0.335 e. The summed E-state index contributed by atoms with van der Waals surface area (Å²) in [5, 5.41) is 8.97. The molecule has 0 amide bonds. The van der Waals surface area contributed by atoms with Crippen molar-refractivity contribution in [1.29, 1.82) is 0 Å². The minimum Gasteiger partial charge on any atom is -0.478 e. The number of furan rings is 1. The topological polar surface area (TPSA) is 56.9 Å². The average Bonchev–Trinajstić information content (AvgIpc) is 2.90. The van der Waals surface area contributed by atoms with Gasteiger partial charge in [0.25, 0.3) is 0 Å². The summed E-state index contributed by atoms with van der Waals surface area (Å²) in [4.78, 5) is 15.4. The van der Waals surface area contributed by atoms with Crippen molar-refractivity contribution >= 4 is 5.97 Å². The molecule has 5 heteroatoms. The predicted molar refractivity (Wildman–Crippen MR) is 89.5 cm³/mol. The van der Waals surface area contributed by atoms with E-state index >= 15 is 0 Å². The molecule has 0 unspecified atom stereocenters. The predicted octanol–water partition coefficient (Wildman–Crippen LogP) is 2.85. The number of nitrogens with zero attached hydrogens (tertiary/aromatic N) is 2. The van der Waals surface area contributed by atoms with Crippen molar-refractivity contribution in [2.24, 2.45) is 0 Å². The monoisotopic (exact) mass is 316 g/mol. The third-order valence-corrected chi connectivity index (χ3v) is 3.65. The van der Waals surface area contributed by atoms with Gasteiger partial charge in [0.15, 0.2) is 0 Å². The number of hydrogen-bond donors (Lipinski definition) is 1. The van der Waals surface area contributed by atoms with Crippen LogP contribution in [0.2, 0.25) is 0 Å². The molecule has 0 atom stereocenters. The highest BCUT2D eigenvalue weighted by molar-refractivity contribution is 5.87. The summed E-state index contributed by atoms with van der Waals surface area (Å²) in [6, 6.07) is 11.0. The molecule has 2 rings (SSSR count). The second-order valence-corrected chi connectivity index (χ2v) is 6.03. The summed E-state index contributed by atoms with van der Waals surface area (Å²) in [6.45, 7) is 5.30. The van der Waals surface area contributed by atoms with E-state index < -0.39 is 5.97 Å². The number of likely N-dealkylation sites (N-methyl/N-ethyl adjacent to an activating group) is 1. The van der Waals surface area contributed by atoms with Gasteiger partial charge in [-0.2, -0.15) is 0 Å². The van der Waals surface area contributed by atoms with Crippen LogP contribution in [0.5, 0.6) is 0 Å². The van der Waals surface area contributed by atoms with E-state index in [-0.39, 0.29) is 0 Å². The van der Waals surface area contributed by atoms with Crippen LogP contribution in [-0.4, -0.2) is 48.1 Å². The summed E-state index contributed by atoms with van der Waals surface area (Å²) in [5.74, 6) is 0.967. The Balaban J connectivity index is 2.04. The minimum atomic E-state index is -0.896. The van der Waals surface area contributed by atoms with E-state index in [0.29, 0.717) is 5.56 Å². The van der Waals surface area contributed by atoms with Crippen LogP contribution in [0.15, 0.2) is 40.8 Å². The molecule has 5 nitrogen and oxygen atoms in total. The number of carboxylic acid groups (broad SMARTS) is 1. The van der Waals surface area contributed by atoms with Crippen molar-refractivity contribution < 1.29 is 14.3 Å². The molecule has 0 fully saturated rings. The first-order chi connectivity index (χ1) is 10.9. The fourth-order valence-corrected chi connectivity index (χ4v) is 2.36. The molecule has 1 aromatic heterocycles. The van der Waals surface area contributed by atoms with Crippen molar-refractivity contribution in [3.63, 3.8) is 0 Å². The minimum absolute atomic E-state index is 0.315. The summed E-state index contributed by atoms with van der Waals surface area (Å²) < 4.78 is 5.68. The van der Waals surface area contributed by atoms with Gasteiger partial charge in [0, 0.05) is 19.6 Å². The van der Waals surface area contributed by atoms with Crippen LogP contribution in [0.3, 0.4) is 0 Å². The van der Waals surface area contributed by atoms with Gasteiger partial charge in [0.2, 0.25) is 0 Å². The van der Waals surface area contributed by atoms with E-state index in [1.807, 2.05) is 31.2 Å². The van der Waals surface area contributed by atoms with Gasteiger partial charge in [0.05, 0.1) is 12.1 Å². The zero-order valence-corrected chi connectivity index (χ0v) is 14.0. The molecule has 0 aliphatic rings. The van der Waals surface area contributed by atoms with Crippen molar-refractivity contribution in [2.75, 3.05) is 27.2 Å². The van der Waals surface area contributed by atoms with E-state index in [2.05, 4.69) is 23.9 Å². The molecule has 23 heavy (non-hydrogen) atoms. The lowest BCUT2D eigenvalue weighted by atomic mass is 10.1. The number of carboxylic acids is 1. The van der Waals surface area contributed by atoms with Gasteiger partial charge in [-0.3, -0.25) is 4.90 Å². The maximum absolute atomic E-state index is 10.9. The van der Waals surface area contributed by atoms with Crippen molar-refractivity contribution in [2.45, 2.75) is 20.0 Å². The normalized spacial score (nSPS) is 11.3. The number of hydrogen-bond acceptors (Lipinski definition) is 4. The van der Waals surface area contributed by atoms with Gasteiger partial charge >= 0.3 is 5.97 Å². The van der Waals surface area contributed by atoms with Crippen LogP contribution in [0.25, 0.3) is 0 Å². The van der Waals surface area contributed by atoms with E-state index in [9.17, 15) is 4.79 Å². The van der Waals surface area contributed by atoms with E-state index in [4.69, 9.17) is 9.52 Å². The van der Waals surface area contributed by atoms with Crippen LogP contribution in [0, 0.1) is 6.92 Å². The lowest BCUT2D eigenvalue weighted by Gasteiger charge is -2.23. The Hall–Kier alpha value is -2.11. The van der Waals surface area contributed by atoms with Gasteiger partial charge in [0.1, 0.15) is 11.5 Å². The molecule has 1 heterocycles. The van der Waals surface area contributed by atoms with Gasteiger partial charge in [-0.05, 0) is 50.8 Å². The third-order valence-electron chi connectivity index (χ3n) is 3.65. The Morgan fingerprint density at radius 2 is 1.74 bits per heavy atom. The van der Waals surface area contributed by atoms with Gasteiger partial charge in [-0.1, -0.05) is 12.1 Å². The molecule has 0 aliphatic carbocycles. The lowest BCUT2D eigenvalue weighted by Crippen LogP contribution is -2.31. The zero-order valence-electron chi connectivity index (χ0n) is 14.0. The highest BCUT2D eigenvalue weighted by Gasteiger charge is 2.11. The zero-order chi connectivity index (χ0) is 16.8. The molecule has 1 aromatic carbocycles. The maximum Gasteiger partial charge on any atom is 0.335 e. The molecule has 1 N–H and O–H groups in total. The van der Waals surface area contributed by atoms with Crippen LogP contribution < -0.4 is 0 Å². The molecule has 2 aromatic rings. The Morgan fingerprint density at radius 3 is 2.26 bits per heavy atom. The van der Waals surface area contributed by atoms with Gasteiger partial charge in [-0.15, -0.1) is 0 Å². The second-order valence-electron chi connectivity index (χ2n) is 6.03. The molecule has 0 radical (unpaired) electrons. The first-order valence-corrected chi connectivity index (χ1v) is 7.68. The van der Waals surface area contributed by atoms with Gasteiger partial charge in [-0.25, -0.2) is 4.79 Å². The van der Waals surface area contributed by atoms with E-state index in [0.717, 1.165) is 43.3 Å². The molecular formula is C18H24N2O3. The van der Waals surface area contributed by atoms with Crippen molar-refractivity contribution in [1.82, 2.24) is 9.80 Å². The Bertz CT molecular complexity index is 632. The highest BCUT2D eigenvalue weighted by Crippen LogP contribution is 2.13. The van der Waals surface area contributed by atoms with Crippen molar-refractivity contribution in [3.8, 4) is 0 Å². The van der Waals surface area contributed by atoms with E-state index in [1.54, 1.807) is 12.1 Å². The standard InChI is InChI=1S/C18H24N2O3/c1-14-4-9-17(23-14)13-20(11-10-19(2)3)12-15-5-7-16(8-6-15)18(21)22/h4-9H,10-13H2,1-3H3,(H,21,22). The third kappa shape index (κ3) is 5.54. The molecule has 0 saturated carbocycles. The summed E-state index contributed by atoms with van der Waals surface area (Å²) in [6.07, 6.45) is 0. The van der Waals surface area contributed by atoms with Crippen molar-refractivity contribution in [3.05, 3.63) is 59.0 Å². The molecular weight excluding hydrogens is 292 g/mol. The van der Waals surface area contributed by atoms with Crippen LogP contribution in [-0.2, 0) is 13.1 Å². The van der Waals surface area contributed by atoms with Crippen LogP contribution in [0.4, 0.5) is 0 Å². The molecule has 124 valence electrons. The summed E-state index contributed by atoms with van der Waals surface area (Å²) in [5.41, 5.74) is 1.41. The number of aryl methyl sites for hydroxylation is 1. The quantitative estimate of drug-likeness (QED) is 0.811. The number of aromatic carboxylic acids is 1. The maximum atomic E-state index is 10.9. The largest absolute Gasteiger partial charge is 0.478 e. The van der Waals surface area contributed by atoms with Crippen LogP contribution >= 0.6 is 0 Å². The molecule has 0 spiro atoms. The molecule has 0 bridgehead atoms. The summed E-state index contributed by atoms with van der Waals surface area (Å²) >= 11 is 0. The Morgan fingerprint density at radius 1 is 1.04 bits per heavy atom. The number of rotatable bonds is 8. The Labute approximate surface area is 137 Å². The fraction of sp³-hybridized carbons (Fsp3) is 0.389. The SMILES string of the molecule is Cc1ccc(CN(CCN(C)C)Cc2ccc(C(=O)O)cc2)o1. The molecule has 0 aliphatic heterocycles. The first kappa shape index (κ1) is 17.2. The lowest BCUT2D eigenvalue weighted by molar-refractivity contribution is 0.0697. The number of carbonyl (C=O) groups is 1.